The Labute approximate surface area is 125 Å². The molecule has 3 aromatic rings. The minimum absolute atomic E-state index is 0.139. The lowest BCUT2D eigenvalue weighted by atomic mass is 10.2. The van der Waals surface area contributed by atoms with Crippen LogP contribution in [0.3, 0.4) is 0 Å². The predicted octanol–water partition coefficient (Wildman–Crippen LogP) is 2.02. The van der Waals surface area contributed by atoms with E-state index in [0.29, 0.717) is 0 Å². The molecule has 6 heteroatoms. The van der Waals surface area contributed by atoms with E-state index in [1.165, 1.54) is 0 Å². The molecule has 0 radical (unpaired) electrons. The first kappa shape index (κ1) is 13.8. The lowest BCUT2D eigenvalue weighted by Crippen LogP contribution is -2.29. The fraction of sp³-hybridized carbons (Fsp3) is 0.200. The molecule has 21 heavy (non-hydrogen) atoms. The van der Waals surface area contributed by atoms with Gasteiger partial charge in [-0.2, -0.15) is 5.10 Å². The van der Waals surface area contributed by atoms with Crippen LogP contribution in [0.1, 0.15) is 16.7 Å². The number of benzene rings is 1. The molecule has 0 aliphatic rings. The van der Waals surface area contributed by atoms with Crippen molar-refractivity contribution in [2.45, 2.75) is 12.5 Å². The Hall–Kier alpha value is -2.18. The third kappa shape index (κ3) is 3.29. The van der Waals surface area contributed by atoms with E-state index in [2.05, 4.69) is 15.5 Å². The molecule has 1 aromatic carbocycles. The van der Waals surface area contributed by atoms with Crippen molar-refractivity contribution in [2.75, 3.05) is 6.54 Å². The number of carbonyl (C=O) groups excluding carboxylic acids is 1. The summed E-state index contributed by atoms with van der Waals surface area (Å²) >= 11 is 1.54. The molecular weight excluding hydrogens is 286 g/mol. The van der Waals surface area contributed by atoms with Gasteiger partial charge in [-0.15, -0.1) is 11.3 Å². The van der Waals surface area contributed by atoms with E-state index in [0.717, 1.165) is 20.7 Å². The van der Waals surface area contributed by atoms with Crippen molar-refractivity contribution in [3.8, 4) is 0 Å². The standard InChI is InChI=1S/C15H15N3O2S/c19-12(9-16-15(20)8-11-5-6-17-18-11)14-7-10-3-1-2-4-13(10)21-14/h1-7,12,19H,8-9H2,(H,16,20)(H,17,18). The van der Waals surface area contributed by atoms with Crippen molar-refractivity contribution >= 4 is 27.3 Å². The Balaban J connectivity index is 1.58. The summed E-state index contributed by atoms with van der Waals surface area (Å²) in [6, 6.07) is 11.7. The number of aromatic amines is 1. The number of fused-ring (bicyclic) bond motifs is 1. The number of aliphatic hydroxyl groups is 1. The maximum absolute atomic E-state index is 11.8. The molecule has 1 unspecified atom stereocenters. The van der Waals surface area contributed by atoms with Gasteiger partial charge in [-0.25, -0.2) is 0 Å². The normalized spacial score (nSPS) is 12.4. The van der Waals surface area contributed by atoms with Crippen LogP contribution in [0, 0.1) is 0 Å². The number of hydrogen-bond acceptors (Lipinski definition) is 4. The summed E-state index contributed by atoms with van der Waals surface area (Å²) in [4.78, 5) is 12.6. The highest BCUT2D eigenvalue weighted by Crippen LogP contribution is 2.29. The van der Waals surface area contributed by atoms with Crippen LogP contribution < -0.4 is 5.32 Å². The lowest BCUT2D eigenvalue weighted by molar-refractivity contribution is -0.120. The van der Waals surface area contributed by atoms with Gasteiger partial charge in [-0.1, -0.05) is 18.2 Å². The van der Waals surface area contributed by atoms with Gasteiger partial charge < -0.3 is 10.4 Å². The van der Waals surface area contributed by atoms with Crippen molar-refractivity contribution < 1.29 is 9.90 Å². The van der Waals surface area contributed by atoms with Gasteiger partial charge in [0.25, 0.3) is 0 Å². The molecule has 1 amide bonds. The maximum Gasteiger partial charge on any atom is 0.226 e. The van der Waals surface area contributed by atoms with E-state index in [1.807, 2.05) is 30.3 Å². The summed E-state index contributed by atoms with van der Waals surface area (Å²) in [6.45, 7) is 0.208. The van der Waals surface area contributed by atoms with E-state index >= 15 is 0 Å². The Morgan fingerprint density at radius 1 is 1.38 bits per heavy atom. The number of thiophene rings is 1. The van der Waals surface area contributed by atoms with Crippen molar-refractivity contribution in [1.29, 1.82) is 0 Å². The van der Waals surface area contributed by atoms with Crippen molar-refractivity contribution in [3.63, 3.8) is 0 Å². The average molecular weight is 301 g/mol. The Bertz CT molecular complexity index is 703. The van der Waals surface area contributed by atoms with Gasteiger partial charge in [0.05, 0.1) is 6.42 Å². The van der Waals surface area contributed by atoms with Gasteiger partial charge in [0.15, 0.2) is 0 Å². The van der Waals surface area contributed by atoms with Gasteiger partial charge in [-0.3, -0.25) is 9.89 Å². The fourth-order valence-electron chi connectivity index (χ4n) is 2.10. The Kier molecular flexibility index (Phi) is 3.98. The third-order valence-corrected chi connectivity index (χ3v) is 4.39. The van der Waals surface area contributed by atoms with Crippen LogP contribution in [0.4, 0.5) is 0 Å². The summed E-state index contributed by atoms with van der Waals surface area (Å²) in [7, 11) is 0. The number of hydrogen-bond donors (Lipinski definition) is 3. The van der Waals surface area contributed by atoms with Crippen LogP contribution in [0.15, 0.2) is 42.6 Å². The molecule has 0 bridgehead atoms. The van der Waals surface area contributed by atoms with E-state index < -0.39 is 6.10 Å². The number of aliphatic hydroxyl groups excluding tert-OH is 1. The monoisotopic (exact) mass is 301 g/mol. The summed E-state index contributed by atoms with van der Waals surface area (Å²) in [5.41, 5.74) is 0.754. The number of nitrogens with zero attached hydrogens (tertiary/aromatic N) is 1. The molecule has 5 nitrogen and oxygen atoms in total. The summed E-state index contributed by atoms with van der Waals surface area (Å²) in [5.74, 6) is -0.139. The summed E-state index contributed by atoms with van der Waals surface area (Å²) in [5, 5.41) is 20.5. The summed E-state index contributed by atoms with van der Waals surface area (Å²) < 4.78 is 1.13. The molecule has 0 fully saturated rings. The van der Waals surface area contributed by atoms with E-state index in [-0.39, 0.29) is 18.9 Å². The Morgan fingerprint density at radius 3 is 3.00 bits per heavy atom. The average Bonchev–Trinajstić information content (AvgIpc) is 3.13. The third-order valence-electron chi connectivity index (χ3n) is 3.18. The maximum atomic E-state index is 11.8. The van der Waals surface area contributed by atoms with Gasteiger partial charge in [0, 0.05) is 28.0 Å². The zero-order chi connectivity index (χ0) is 14.7. The van der Waals surface area contributed by atoms with E-state index in [4.69, 9.17) is 0 Å². The fourth-order valence-corrected chi connectivity index (χ4v) is 3.15. The summed E-state index contributed by atoms with van der Waals surface area (Å²) in [6.07, 6.45) is 1.15. The zero-order valence-electron chi connectivity index (χ0n) is 11.2. The van der Waals surface area contributed by atoms with E-state index in [9.17, 15) is 9.90 Å². The van der Waals surface area contributed by atoms with Gasteiger partial charge in [0.2, 0.25) is 5.91 Å². The second-order valence-corrected chi connectivity index (χ2v) is 5.88. The van der Waals surface area contributed by atoms with E-state index in [1.54, 1.807) is 23.6 Å². The number of amides is 1. The van der Waals surface area contributed by atoms with Gasteiger partial charge >= 0.3 is 0 Å². The highest BCUT2D eigenvalue weighted by atomic mass is 32.1. The zero-order valence-corrected chi connectivity index (χ0v) is 12.1. The van der Waals surface area contributed by atoms with Crippen molar-refractivity contribution in [3.05, 3.63) is 53.2 Å². The van der Waals surface area contributed by atoms with Crippen LogP contribution in [-0.4, -0.2) is 27.8 Å². The first-order valence-corrected chi connectivity index (χ1v) is 7.45. The molecule has 3 rings (SSSR count). The molecular formula is C15H15N3O2S. The second-order valence-electron chi connectivity index (χ2n) is 4.77. The second kappa shape index (κ2) is 6.07. The molecule has 2 aromatic heterocycles. The molecule has 1 atom stereocenters. The Morgan fingerprint density at radius 2 is 2.24 bits per heavy atom. The van der Waals surface area contributed by atoms with Crippen molar-refractivity contribution in [2.24, 2.45) is 0 Å². The topological polar surface area (TPSA) is 78.0 Å². The number of H-pyrrole nitrogens is 1. The predicted molar refractivity (Wildman–Crippen MR) is 82.1 cm³/mol. The molecule has 0 saturated carbocycles. The first-order chi connectivity index (χ1) is 10.2. The largest absolute Gasteiger partial charge is 0.386 e. The van der Waals surface area contributed by atoms with Crippen molar-refractivity contribution in [1.82, 2.24) is 15.5 Å². The number of aromatic nitrogens is 2. The smallest absolute Gasteiger partial charge is 0.226 e. The molecule has 3 N–H and O–H groups in total. The number of carbonyl (C=O) groups is 1. The molecule has 0 aliphatic carbocycles. The van der Waals surface area contributed by atoms with Gasteiger partial charge in [-0.05, 0) is 23.6 Å². The number of rotatable bonds is 5. The van der Waals surface area contributed by atoms with Gasteiger partial charge in [0.1, 0.15) is 6.10 Å². The quantitative estimate of drug-likeness (QED) is 0.674. The van der Waals surface area contributed by atoms with Crippen LogP contribution in [0.5, 0.6) is 0 Å². The highest BCUT2D eigenvalue weighted by Gasteiger charge is 2.13. The molecule has 0 saturated heterocycles. The highest BCUT2D eigenvalue weighted by molar-refractivity contribution is 7.19. The molecule has 2 heterocycles. The molecule has 108 valence electrons. The van der Waals surface area contributed by atoms with Crippen LogP contribution in [-0.2, 0) is 11.2 Å². The van der Waals surface area contributed by atoms with Crippen LogP contribution in [0.25, 0.3) is 10.1 Å². The molecule has 0 aliphatic heterocycles. The molecule has 0 spiro atoms. The minimum atomic E-state index is -0.687. The van der Waals surface area contributed by atoms with Crippen LogP contribution in [0.2, 0.25) is 0 Å². The SMILES string of the molecule is O=C(Cc1ccn[nH]1)NCC(O)c1cc2ccccc2s1. The van der Waals surface area contributed by atoms with Crippen LogP contribution >= 0.6 is 11.3 Å². The first-order valence-electron chi connectivity index (χ1n) is 6.64. The lowest BCUT2D eigenvalue weighted by Gasteiger charge is -2.09. The number of nitrogens with one attached hydrogen (secondary N) is 2. The minimum Gasteiger partial charge on any atom is -0.386 e.